The summed E-state index contributed by atoms with van der Waals surface area (Å²) in [4.78, 5) is 0. The van der Waals surface area contributed by atoms with Crippen molar-refractivity contribution in [1.82, 2.24) is 0 Å². The van der Waals surface area contributed by atoms with Crippen LogP contribution in [-0.2, 0) is 9.47 Å². The number of aliphatic hydroxyl groups is 4. The fraction of sp³-hybridized carbons (Fsp3) is 1.00. The van der Waals surface area contributed by atoms with E-state index in [1.54, 1.807) is 0 Å². The van der Waals surface area contributed by atoms with Gasteiger partial charge in [0.25, 0.3) is 0 Å². The zero-order valence-corrected chi connectivity index (χ0v) is 12.3. The minimum absolute atomic E-state index is 0.377. The Labute approximate surface area is 120 Å². The summed E-state index contributed by atoms with van der Waals surface area (Å²) in [6, 6.07) is 0. The molecule has 1 rings (SSSR count). The van der Waals surface area contributed by atoms with Gasteiger partial charge in [-0.05, 0) is 12.3 Å². The van der Waals surface area contributed by atoms with Gasteiger partial charge in [0.15, 0.2) is 6.29 Å². The van der Waals surface area contributed by atoms with Crippen LogP contribution in [0.1, 0.15) is 39.5 Å². The van der Waals surface area contributed by atoms with Gasteiger partial charge in [-0.3, -0.25) is 0 Å². The normalized spacial score (nSPS) is 36.0. The predicted molar refractivity (Wildman–Crippen MR) is 73.0 cm³/mol. The van der Waals surface area contributed by atoms with E-state index in [1.807, 2.05) is 0 Å². The van der Waals surface area contributed by atoms with Crippen molar-refractivity contribution in [1.29, 1.82) is 0 Å². The Hall–Kier alpha value is -0.240. The third-order valence-electron chi connectivity index (χ3n) is 3.89. The molecule has 0 aromatic rings. The molecule has 1 heterocycles. The Kier molecular flexibility index (Phi) is 7.94. The van der Waals surface area contributed by atoms with Crippen molar-refractivity contribution >= 4 is 0 Å². The molecule has 6 nitrogen and oxygen atoms in total. The van der Waals surface area contributed by atoms with Crippen LogP contribution >= 0.6 is 0 Å². The third kappa shape index (κ3) is 4.65. The minimum atomic E-state index is -1.37. The van der Waals surface area contributed by atoms with Crippen LogP contribution in [0.5, 0.6) is 0 Å². The smallest absolute Gasteiger partial charge is 0.186 e. The quantitative estimate of drug-likeness (QED) is 0.503. The molecule has 0 aliphatic carbocycles. The lowest BCUT2D eigenvalue weighted by Crippen LogP contribution is -2.59. The fourth-order valence-corrected chi connectivity index (χ4v) is 2.33. The van der Waals surface area contributed by atoms with Crippen molar-refractivity contribution in [2.75, 3.05) is 13.2 Å². The van der Waals surface area contributed by atoms with Crippen LogP contribution in [-0.4, -0.2) is 64.3 Å². The van der Waals surface area contributed by atoms with Crippen LogP contribution in [0.4, 0.5) is 0 Å². The van der Waals surface area contributed by atoms with Gasteiger partial charge >= 0.3 is 0 Å². The molecule has 1 unspecified atom stereocenters. The number of unbranched alkanes of at least 4 members (excludes halogenated alkanes) is 1. The monoisotopic (exact) mass is 292 g/mol. The number of hydrogen-bond donors (Lipinski definition) is 4. The van der Waals surface area contributed by atoms with Gasteiger partial charge in [0.1, 0.15) is 24.4 Å². The van der Waals surface area contributed by atoms with E-state index in [0.29, 0.717) is 12.5 Å². The molecule has 0 aromatic heterocycles. The van der Waals surface area contributed by atoms with Crippen molar-refractivity contribution in [2.45, 2.75) is 70.2 Å². The van der Waals surface area contributed by atoms with Crippen LogP contribution in [0.3, 0.4) is 0 Å². The van der Waals surface area contributed by atoms with Gasteiger partial charge < -0.3 is 29.9 Å². The number of rotatable bonds is 8. The summed E-state index contributed by atoms with van der Waals surface area (Å²) in [5, 5.41) is 38.3. The van der Waals surface area contributed by atoms with Crippen LogP contribution < -0.4 is 0 Å². The predicted octanol–water partition coefficient (Wildman–Crippen LogP) is 0.0193. The summed E-state index contributed by atoms with van der Waals surface area (Å²) in [6.45, 7) is 4.21. The molecule has 6 atom stereocenters. The molecule has 0 aromatic carbocycles. The zero-order valence-electron chi connectivity index (χ0n) is 12.3. The highest BCUT2D eigenvalue weighted by Crippen LogP contribution is 2.23. The topological polar surface area (TPSA) is 99.4 Å². The highest BCUT2D eigenvalue weighted by molar-refractivity contribution is 4.88. The number of aliphatic hydroxyl groups excluding tert-OH is 4. The molecule has 0 bridgehead atoms. The lowest BCUT2D eigenvalue weighted by Gasteiger charge is -2.40. The SMILES string of the molecule is CCCCC(CC)CO[C@H]1O[C@H](CO)[C@H](O)[C@H](O)[C@H]1O. The maximum absolute atomic E-state index is 9.84. The van der Waals surface area contributed by atoms with Gasteiger partial charge in [-0.2, -0.15) is 0 Å². The summed E-state index contributed by atoms with van der Waals surface area (Å²) < 4.78 is 10.8. The maximum atomic E-state index is 9.84. The van der Waals surface area contributed by atoms with Gasteiger partial charge in [0, 0.05) is 0 Å². The summed E-state index contributed by atoms with van der Waals surface area (Å²) in [5.41, 5.74) is 0. The zero-order chi connectivity index (χ0) is 15.1. The van der Waals surface area contributed by atoms with Crippen LogP contribution in [0.25, 0.3) is 0 Å². The second-order valence-corrected chi connectivity index (χ2v) is 5.45. The number of ether oxygens (including phenoxy) is 2. The Balaban J connectivity index is 2.48. The van der Waals surface area contributed by atoms with Gasteiger partial charge in [-0.25, -0.2) is 0 Å². The molecule has 6 heteroatoms. The van der Waals surface area contributed by atoms with Crippen LogP contribution in [0, 0.1) is 5.92 Å². The average molecular weight is 292 g/mol. The van der Waals surface area contributed by atoms with E-state index in [1.165, 1.54) is 0 Å². The first kappa shape index (κ1) is 17.8. The molecule has 0 amide bonds. The molecule has 0 spiro atoms. The van der Waals surface area contributed by atoms with Gasteiger partial charge in [0.2, 0.25) is 0 Å². The first-order valence-electron chi connectivity index (χ1n) is 7.47. The van der Waals surface area contributed by atoms with E-state index in [0.717, 1.165) is 25.7 Å². The molecule has 1 fully saturated rings. The van der Waals surface area contributed by atoms with Crippen molar-refractivity contribution < 1.29 is 29.9 Å². The number of hydrogen-bond acceptors (Lipinski definition) is 6. The lowest BCUT2D eigenvalue weighted by molar-refractivity contribution is -0.303. The standard InChI is InChI=1S/C14H28O6/c1-3-5-6-9(4-2)8-19-14-13(18)12(17)11(16)10(7-15)20-14/h9-18H,3-8H2,1-2H3/t9?,10-,11+,12+,13-,14+/m1/s1. The molecule has 1 saturated heterocycles. The van der Waals surface area contributed by atoms with E-state index in [9.17, 15) is 15.3 Å². The second-order valence-electron chi connectivity index (χ2n) is 5.45. The molecule has 120 valence electrons. The molecule has 1 aliphatic rings. The summed E-state index contributed by atoms with van der Waals surface area (Å²) in [6.07, 6.45) is -1.68. The summed E-state index contributed by atoms with van der Waals surface area (Å²) in [5.74, 6) is 0.377. The van der Waals surface area contributed by atoms with Crippen LogP contribution in [0.15, 0.2) is 0 Å². The molecule has 0 radical (unpaired) electrons. The first-order valence-corrected chi connectivity index (χ1v) is 7.47. The second kappa shape index (κ2) is 8.92. The van der Waals surface area contributed by atoms with Gasteiger partial charge in [-0.15, -0.1) is 0 Å². The molecule has 4 N–H and O–H groups in total. The molecule has 20 heavy (non-hydrogen) atoms. The molecule has 1 aliphatic heterocycles. The fourth-order valence-electron chi connectivity index (χ4n) is 2.33. The highest BCUT2D eigenvalue weighted by Gasteiger charge is 2.44. The molecular weight excluding hydrogens is 264 g/mol. The van der Waals surface area contributed by atoms with Gasteiger partial charge in [-0.1, -0.05) is 33.1 Å². The minimum Gasteiger partial charge on any atom is -0.394 e. The lowest BCUT2D eigenvalue weighted by atomic mass is 9.98. The van der Waals surface area contributed by atoms with Crippen molar-refractivity contribution in [3.63, 3.8) is 0 Å². The van der Waals surface area contributed by atoms with Crippen molar-refractivity contribution in [3.05, 3.63) is 0 Å². The van der Waals surface area contributed by atoms with Crippen LogP contribution in [0.2, 0.25) is 0 Å². The van der Waals surface area contributed by atoms with E-state index < -0.39 is 37.3 Å². The highest BCUT2D eigenvalue weighted by atomic mass is 16.7. The Morgan fingerprint density at radius 2 is 1.80 bits per heavy atom. The van der Waals surface area contributed by atoms with E-state index >= 15 is 0 Å². The van der Waals surface area contributed by atoms with Gasteiger partial charge in [0.05, 0.1) is 13.2 Å². The van der Waals surface area contributed by atoms with E-state index in [-0.39, 0.29) is 0 Å². The Bertz CT molecular complexity index is 260. The summed E-state index contributed by atoms with van der Waals surface area (Å²) >= 11 is 0. The Morgan fingerprint density at radius 1 is 1.10 bits per heavy atom. The molecular formula is C14H28O6. The van der Waals surface area contributed by atoms with E-state index in [2.05, 4.69) is 13.8 Å². The van der Waals surface area contributed by atoms with Crippen molar-refractivity contribution in [2.24, 2.45) is 5.92 Å². The largest absolute Gasteiger partial charge is 0.394 e. The third-order valence-corrected chi connectivity index (χ3v) is 3.89. The maximum Gasteiger partial charge on any atom is 0.186 e. The average Bonchev–Trinajstić information content (AvgIpc) is 2.47. The summed E-state index contributed by atoms with van der Waals surface area (Å²) in [7, 11) is 0. The van der Waals surface area contributed by atoms with Crippen molar-refractivity contribution in [3.8, 4) is 0 Å². The molecule has 0 saturated carbocycles. The Morgan fingerprint density at radius 3 is 2.35 bits per heavy atom. The first-order chi connectivity index (χ1) is 9.54. The van der Waals surface area contributed by atoms with E-state index in [4.69, 9.17) is 14.6 Å².